The molecule has 10 nitrogen and oxygen atoms in total. The van der Waals surface area contributed by atoms with Crippen molar-refractivity contribution in [3.8, 4) is 17.1 Å². The van der Waals surface area contributed by atoms with E-state index >= 15 is 0 Å². The van der Waals surface area contributed by atoms with Crippen LogP contribution in [0.1, 0.15) is 39.1 Å². The third kappa shape index (κ3) is 2.72. The van der Waals surface area contributed by atoms with Crippen LogP contribution in [0.4, 0.5) is 0 Å². The number of Topliss-reactive ketones (excluding diaryl/α,β-unsaturated/α-hetero) is 4. The Morgan fingerprint density at radius 3 is 2.53 bits per heavy atom. The number of hydrogen-bond acceptors (Lipinski definition) is 9. The lowest BCUT2D eigenvalue weighted by molar-refractivity contribution is -0.175. The van der Waals surface area contributed by atoms with Crippen molar-refractivity contribution in [1.29, 1.82) is 0 Å². The summed E-state index contributed by atoms with van der Waals surface area (Å²) in [6.45, 7) is 0. The maximum Gasteiger partial charge on any atom is 0.235 e. The topological polar surface area (TPSA) is 182 Å². The zero-order valence-corrected chi connectivity index (χ0v) is 17.6. The monoisotopic (exact) mass is 465 g/mol. The molecule has 2 saturated carbocycles. The molecule has 5 rings (SSSR count). The van der Waals surface area contributed by atoms with Crippen molar-refractivity contribution in [2.45, 2.75) is 24.9 Å². The molecule has 174 valence electrons. The second-order valence-corrected chi connectivity index (χ2v) is 9.06. The number of amides is 1. The van der Waals surface area contributed by atoms with Crippen molar-refractivity contribution in [3.63, 3.8) is 0 Å². The number of phenols is 1. The van der Waals surface area contributed by atoms with Crippen molar-refractivity contribution in [3.05, 3.63) is 41.2 Å². The van der Waals surface area contributed by atoms with E-state index in [-0.39, 0.29) is 41.7 Å². The minimum absolute atomic E-state index is 0.0248. The first-order valence-electron chi connectivity index (χ1n) is 10.7. The number of hydrogen-bond donors (Lipinski definition) is 3. The summed E-state index contributed by atoms with van der Waals surface area (Å²) in [5.74, 6) is -10.7. The predicted octanol–water partition coefficient (Wildman–Crippen LogP) is 0.399. The number of aromatic hydroxyl groups is 1. The van der Waals surface area contributed by atoms with Crippen LogP contribution < -0.4 is 5.73 Å². The molecule has 4 N–H and O–H groups in total. The van der Waals surface area contributed by atoms with E-state index < -0.39 is 64.1 Å². The van der Waals surface area contributed by atoms with Gasteiger partial charge in [-0.2, -0.15) is 0 Å². The lowest BCUT2D eigenvalue weighted by atomic mass is 9.54. The number of nitrogens with two attached hydrogens (primary N) is 1. The SMILES string of the molecule is NC(=O)C1C(=O)C[C@@H]2C[C@@H]3Cc4ccc(-c5occc5C=O)c(O)c4C(=O)C3C(=O)[C@]2(O)C1=O. The quantitative estimate of drug-likeness (QED) is 0.427. The molecule has 34 heavy (non-hydrogen) atoms. The summed E-state index contributed by atoms with van der Waals surface area (Å²) in [7, 11) is 0. The van der Waals surface area contributed by atoms with E-state index in [1.807, 2.05) is 0 Å². The fourth-order valence-electron chi connectivity index (χ4n) is 5.76. The van der Waals surface area contributed by atoms with Gasteiger partial charge in [0.2, 0.25) is 5.91 Å². The number of carbonyl (C=O) groups is 6. The van der Waals surface area contributed by atoms with Gasteiger partial charge in [-0.1, -0.05) is 6.07 Å². The fourth-order valence-corrected chi connectivity index (χ4v) is 5.76. The molecule has 0 radical (unpaired) electrons. The van der Waals surface area contributed by atoms with Crippen molar-refractivity contribution in [2.75, 3.05) is 0 Å². The first-order chi connectivity index (χ1) is 16.1. The number of furan rings is 1. The van der Waals surface area contributed by atoms with Crippen LogP contribution in [0, 0.1) is 23.7 Å². The highest BCUT2D eigenvalue weighted by Gasteiger charge is 2.66. The van der Waals surface area contributed by atoms with E-state index in [2.05, 4.69) is 0 Å². The van der Waals surface area contributed by atoms with E-state index in [0.29, 0.717) is 11.8 Å². The molecule has 0 spiro atoms. The second kappa shape index (κ2) is 7.29. The number of benzene rings is 1. The Bertz CT molecular complexity index is 1320. The Morgan fingerprint density at radius 1 is 1.12 bits per heavy atom. The van der Waals surface area contributed by atoms with Gasteiger partial charge in [-0.05, 0) is 36.5 Å². The zero-order chi connectivity index (χ0) is 24.5. The molecule has 10 heteroatoms. The molecule has 3 aliphatic carbocycles. The molecule has 0 saturated heterocycles. The number of aldehydes is 1. The summed E-state index contributed by atoms with van der Waals surface area (Å²) in [5, 5.41) is 22.1. The van der Waals surface area contributed by atoms with Gasteiger partial charge in [0.05, 0.1) is 28.9 Å². The molecule has 2 aromatic rings. The fraction of sp³-hybridized carbons (Fsp3) is 0.333. The van der Waals surface area contributed by atoms with E-state index in [1.54, 1.807) is 6.07 Å². The number of aliphatic hydroxyl groups is 1. The summed E-state index contributed by atoms with van der Waals surface area (Å²) >= 11 is 0. The van der Waals surface area contributed by atoms with Crippen LogP contribution in [0.25, 0.3) is 11.3 Å². The lowest BCUT2D eigenvalue weighted by Gasteiger charge is -2.48. The maximum atomic E-state index is 13.5. The van der Waals surface area contributed by atoms with Crippen molar-refractivity contribution in [2.24, 2.45) is 29.4 Å². The summed E-state index contributed by atoms with van der Waals surface area (Å²) in [5.41, 5.74) is 2.99. The normalized spacial score (nSPS) is 30.4. The van der Waals surface area contributed by atoms with Crippen LogP contribution in [0.5, 0.6) is 5.75 Å². The van der Waals surface area contributed by atoms with Gasteiger partial charge in [0.1, 0.15) is 11.5 Å². The van der Waals surface area contributed by atoms with E-state index in [1.165, 1.54) is 18.4 Å². The number of primary amides is 1. The van der Waals surface area contributed by atoms with Crippen molar-refractivity contribution in [1.82, 2.24) is 0 Å². The second-order valence-electron chi connectivity index (χ2n) is 9.06. The van der Waals surface area contributed by atoms with Crippen LogP contribution in [0.3, 0.4) is 0 Å². The molecule has 1 aromatic carbocycles. The van der Waals surface area contributed by atoms with Gasteiger partial charge >= 0.3 is 0 Å². The summed E-state index contributed by atoms with van der Waals surface area (Å²) in [6.07, 6.45) is 1.60. The molecule has 2 fully saturated rings. The van der Waals surface area contributed by atoms with Gasteiger partial charge in [0.15, 0.2) is 40.9 Å². The summed E-state index contributed by atoms with van der Waals surface area (Å²) in [6, 6.07) is 4.48. The van der Waals surface area contributed by atoms with Gasteiger partial charge in [0.25, 0.3) is 0 Å². The Hall–Kier alpha value is -3.92. The van der Waals surface area contributed by atoms with Crippen molar-refractivity contribution < 1.29 is 43.4 Å². The molecule has 3 aliphatic rings. The van der Waals surface area contributed by atoms with Crippen LogP contribution in [-0.4, -0.2) is 51.1 Å². The predicted molar refractivity (Wildman–Crippen MR) is 112 cm³/mol. The Balaban J connectivity index is 1.60. The molecular formula is C24H19NO9. The highest BCUT2D eigenvalue weighted by atomic mass is 16.3. The molecule has 1 heterocycles. The summed E-state index contributed by atoms with van der Waals surface area (Å²) in [4.78, 5) is 75.2. The Labute approximate surface area is 191 Å². The van der Waals surface area contributed by atoms with Crippen LogP contribution in [-0.2, 0) is 25.6 Å². The molecular weight excluding hydrogens is 446 g/mol. The third-order valence-corrected chi connectivity index (χ3v) is 7.34. The number of carbonyl (C=O) groups excluding carboxylic acids is 6. The van der Waals surface area contributed by atoms with Gasteiger partial charge in [-0.3, -0.25) is 28.8 Å². The standard InChI is InChI=1S/C24H19NO9/c25-23(32)17-14(27)7-12-6-11-5-9-1-2-13(20-10(8-26)3-4-34-20)18(28)15(9)19(29)16(11)21(30)24(12,33)22(17)31/h1-4,8,11-12,16-17,28,33H,5-7H2,(H2,25,32)/t11-,12-,16?,17?,24-/m0/s1. The highest BCUT2D eigenvalue weighted by Crippen LogP contribution is 2.50. The van der Waals surface area contributed by atoms with E-state index in [4.69, 9.17) is 10.2 Å². The van der Waals surface area contributed by atoms with Gasteiger partial charge in [-0.15, -0.1) is 0 Å². The minimum Gasteiger partial charge on any atom is -0.506 e. The number of phenolic OH excluding ortho intramolecular Hbond substituents is 1. The lowest BCUT2D eigenvalue weighted by Crippen LogP contribution is -2.68. The third-order valence-electron chi connectivity index (χ3n) is 7.34. The molecule has 0 bridgehead atoms. The first-order valence-corrected chi connectivity index (χ1v) is 10.7. The van der Waals surface area contributed by atoms with E-state index in [9.17, 15) is 39.0 Å². The average molecular weight is 465 g/mol. The van der Waals surface area contributed by atoms with Gasteiger partial charge < -0.3 is 20.4 Å². The largest absolute Gasteiger partial charge is 0.506 e. The molecule has 2 unspecified atom stereocenters. The molecule has 1 amide bonds. The number of fused-ring (bicyclic) bond motifs is 3. The molecule has 5 atom stereocenters. The van der Waals surface area contributed by atoms with Gasteiger partial charge in [-0.25, -0.2) is 0 Å². The first kappa shape index (κ1) is 21.9. The highest BCUT2D eigenvalue weighted by molar-refractivity contribution is 6.31. The zero-order valence-electron chi connectivity index (χ0n) is 17.6. The minimum atomic E-state index is -2.69. The van der Waals surface area contributed by atoms with Crippen LogP contribution in [0.15, 0.2) is 28.9 Å². The molecule has 1 aromatic heterocycles. The van der Waals surface area contributed by atoms with E-state index in [0.717, 1.165) is 0 Å². The van der Waals surface area contributed by atoms with Crippen LogP contribution in [0.2, 0.25) is 0 Å². The number of ketones is 4. The molecule has 0 aliphatic heterocycles. The summed E-state index contributed by atoms with van der Waals surface area (Å²) < 4.78 is 5.29. The van der Waals surface area contributed by atoms with Gasteiger partial charge in [0, 0.05) is 12.3 Å². The Kier molecular flexibility index (Phi) is 4.70. The van der Waals surface area contributed by atoms with Crippen LogP contribution >= 0.6 is 0 Å². The number of rotatable bonds is 3. The smallest absolute Gasteiger partial charge is 0.235 e. The van der Waals surface area contributed by atoms with Crippen molar-refractivity contribution >= 4 is 35.3 Å². The average Bonchev–Trinajstić information content (AvgIpc) is 3.24. The Morgan fingerprint density at radius 2 is 1.85 bits per heavy atom. The maximum absolute atomic E-state index is 13.5.